The first-order valence-electron chi connectivity index (χ1n) is 9.01. The summed E-state index contributed by atoms with van der Waals surface area (Å²) in [7, 11) is 1.92. The molecule has 0 amide bonds. The zero-order valence-corrected chi connectivity index (χ0v) is 18.6. The normalized spacial score (nSPS) is 11.4. The van der Waals surface area contributed by atoms with E-state index in [1.54, 1.807) is 26.4 Å². The molecule has 0 atom stereocenters. The smallest absolute Gasteiger partial charge is 0.229 e. The van der Waals surface area contributed by atoms with E-state index in [1.807, 2.05) is 25.2 Å². The maximum absolute atomic E-state index is 11.3. The van der Waals surface area contributed by atoms with Crippen molar-refractivity contribution in [1.82, 2.24) is 4.90 Å². The third kappa shape index (κ3) is 7.64. The molecule has 0 fully saturated rings. The van der Waals surface area contributed by atoms with E-state index in [0.717, 1.165) is 30.5 Å². The van der Waals surface area contributed by atoms with Gasteiger partial charge in [-0.3, -0.25) is 4.72 Å². The SMILES string of the molecule is COc1ccc(CCN(C)CCOc2ccc(NS(C)(=O)=O)cc2Cl)cc1OC. The summed E-state index contributed by atoms with van der Waals surface area (Å²) in [6.45, 7) is 2.03. The van der Waals surface area contributed by atoms with Crippen molar-refractivity contribution in [2.75, 3.05) is 51.9 Å². The summed E-state index contributed by atoms with van der Waals surface area (Å²) >= 11 is 6.17. The molecule has 0 unspecified atom stereocenters. The molecule has 0 heterocycles. The van der Waals surface area contributed by atoms with Crippen LogP contribution in [-0.2, 0) is 16.4 Å². The maximum Gasteiger partial charge on any atom is 0.229 e. The Hall–Kier alpha value is -2.16. The van der Waals surface area contributed by atoms with Crippen LogP contribution in [0, 0.1) is 0 Å². The van der Waals surface area contributed by atoms with Gasteiger partial charge in [0.05, 0.1) is 31.2 Å². The van der Waals surface area contributed by atoms with Crippen LogP contribution in [0.15, 0.2) is 36.4 Å². The summed E-state index contributed by atoms with van der Waals surface area (Å²) in [4.78, 5) is 2.16. The number of anilines is 1. The Morgan fingerprint density at radius 3 is 2.31 bits per heavy atom. The zero-order valence-electron chi connectivity index (χ0n) is 17.1. The molecular formula is C20H27ClN2O5S. The number of rotatable bonds is 11. The van der Waals surface area contributed by atoms with Crippen molar-refractivity contribution in [3.8, 4) is 17.2 Å². The van der Waals surface area contributed by atoms with Crippen molar-refractivity contribution < 1.29 is 22.6 Å². The number of ether oxygens (including phenoxy) is 3. The van der Waals surface area contributed by atoms with Gasteiger partial charge in [-0.25, -0.2) is 8.42 Å². The number of benzene rings is 2. The first kappa shape index (κ1) is 23.1. The average Bonchev–Trinajstić information content (AvgIpc) is 2.66. The summed E-state index contributed by atoms with van der Waals surface area (Å²) in [6, 6.07) is 10.7. The van der Waals surface area contributed by atoms with Gasteiger partial charge in [-0.15, -0.1) is 0 Å². The molecule has 0 aromatic heterocycles. The largest absolute Gasteiger partial charge is 0.493 e. The standard InChI is InChI=1S/C20H27ClN2O5S/c1-23(10-9-15-5-7-19(26-2)20(13-15)27-3)11-12-28-18-8-6-16(14-17(18)21)22-29(4,24)25/h5-8,13-14,22H,9-12H2,1-4H3. The lowest BCUT2D eigenvalue weighted by Gasteiger charge is -2.18. The predicted octanol–water partition coefficient (Wildman–Crippen LogP) is 3.28. The molecule has 0 saturated carbocycles. The molecule has 1 N–H and O–H groups in total. The third-order valence-corrected chi connectivity index (χ3v) is 5.10. The molecule has 7 nitrogen and oxygen atoms in total. The number of hydrogen-bond acceptors (Lipinski definition) is 6. The molecule has 9 heteroatoms. The molecule has 2 aromatic rings. The van der Waals surface area contributed by atoms with Crippen molar-refractivity contribution in [2.24, 2.45) is 0 Å². The lowest BCUT2D eigenvalue weighted by atomic mass is 10.1. The monoisotopic (exact) mass is 442 g/mol. The lowest BCUT2D eigenvalue weighted by molar-refractivity contribution is 0.239. The van der Waals surface area contributed by atoms with E-state index in [9.17, 15) is 8.42 Å². The average molecular weight is 443 g/mol. The second-order valence-electron chi connectivity index (χ2n) is 6.61. The number of hydrogen-bond donors (Lipinski definition) is 1. The van der Waals surface area contributed by atoms with Gasteiger partial charge in [0.15, 0.2) is 11.5 Å². The van der Waals surface area contributed by atoms with E-state index in [4.69, 9.17) is 25.8 Å². The van der Waals surface area contributed by atoms with E-state index >= 15 is 0 Å². The Balaban J connectivity index is 1.80. The molecular weight excluding hydrogens is 416 g/mol. The zero-order chi connectivity index (χ0) is 21.4. The number of sulfonamides is 1. The van der Waals surface area contributed by atoms with E-state index in [2.05, 4.69) is 9.62 Å². The van der Waals surface area contributed by atoms with Crippen molar-refractivity contribution >= 4 is 27.3 Å². The van der Waals surface area contributed by atoms with E-state index in [-0.39, 0.29) is 0 Å². The van der Waals surface area contributed by atoms with Crippen LogP contribution in [0.5, 0.6) is 17.2 Å². The van der Waals surface area contributed by atoms with E-state index in [1.165, 1.54) is 6.07 Å². The molecule has 0 saturated heterocycles. The minimum Gasteiger partial charge on any atom is -0.493 e. The fourth-order valence-corrected chi connectivity index (χ4v) is 3.47. The highest BCUT2D eigenvalue weighted by Crippen LogP contribution is 2.29. The van der Waals surface area contributed by atoms with Gasteiger partial charge in [0.2, 0.25) is 10.0 Å². The van der Waals surface area contributed by atoms with Crippen molar-refractivity contribution in [3.63, 3.8) is 0 Å². The molecule has 0 aliphatic carbocycles. The predicted molar refractivity (Wildman–Crippen MR) is 116 cm³/mol. The quantitative estimate of drug-likeness (QED) is 0.575. The number of halogens is 1. The van der Waals surface area contributed by atoms with Gasteiger partial charge in [0.25, 0.3) is 0 Å². The summed E-state index contributed by atoms with van der Waals surface area (Å²) in [5.41, 5.74) is 1.56. The second-order valence-corrected chi connectivity index (χ2v) is 8.77. The molecule has 29 heavy (non-hydrogen) atoms. The molecule has 0 radical (unpaired) electrons. The van der Waals surface area contributed by atoms with Gasteiger partial charge in [0.1, 0.15) is 12.4 Å². The molecule has 0 aliphatic rings. The second kappa shape index (κ2) is 10.6. The highest BCUT2D eigenvalue weighted by molar-refractivity contribution is 7.92. The van der Waals surface area contributed by atoms with Crippen LogP contribution in [0.2, 0.25) is 5.02 Å². The first-order chi connectivity index (χ1) is 13.7. The highest BCUT2D eigenvalue weighted by Gasteiger charge is 2.08. The molecule has 160 valence electrons. The van der Waals surface area contributed by atoms with Gasteiger partial charge in [-0.1, -0.05) is 17.7 Å². The van der Waals surface area contributed by atoms with Gasteiger partial charge in [0, 0.05) is 13.1 Å². The Morgan fingerprint density at radius 1 is 1.00 bits per heavy atom. The van der Waals surface area contributed by atoms with Gasteiger partial charge < -0.3 is 19.1 Å². The van der Waals surface area contributed by atoms with Crippen molar-refractivity contribution in [1.29, 1.82) is 0 Å². The highest BCUT2D eigenvalue weighted by atomic mass is 35.5. The number of nitrogens with zero attached hydrogens (tertiary/aromatic N) is 1. The topological polar surface area (TPSA) is 77.1 Å². The van der Waals surface area contributed by atoms with Crippen molar-refractivity contribution in [3.05, 3.63) is 47.0 Å². The number of methoxy groups -OCH3 is 2. The number of likely N-dealkylation sites (N-methyl/N-ethyl adjacent to an activating group) is 1. The van der Waals surface area contributed by atoms with Gasteiger partial charge >= 0.3 is 0 Å². The minimum atomic E-state index is -3.34. The molecule has 0 bridgehead atoms. The Kier molecular flexibility index (Phi) is 8.43. The van der Waals surface area contributed by atoms with E-state index in [0.29, 0.717) is 35.4 Å². The Morgan fingerprint density at radius 2 is 1.69 bits per heavy atom. The van der Waals surface area contributed by atoms with Crippen LogP contribution in [0.1, 0.15) is 5.56 Å². The van der Waals surface area contributed by atoms with Crippen LogP contribution in [0.3, 0.4) is 0 Å². The fourth-order valence-electron chi connectivity index (χ4n) is 2.67. The van der Waals surface area contributed by atoms with Crippen LogP contribution >= 0.6 is 11.6 Å². The lowest BCUT2D eigenvalue weighted by Crippen LogP contribution is -2.26. The summed E-state index contributed by atoms with van der Waals surface area (Å²) in [5, 5.41) is 0.353. The van der Waals surface area contributed by atoms with Crippen LogP contribution < -0.4 is 18.9 Å². The molecule has 0 spiro atoms. The summed E-state index contributed by atoms with van der Waals surface area (Å²) in [6.07, 6.45) is 1.95. The minimum absolute atomic E-state index is 0.353. The molecule has 2 rings (SSSR count). The Labute approximate surface area is 177 Å². The maximum atomic E-state index is 11.3. The van der Waals surface area contributed by atoms with Gasteiger partial charge in [-0.2, -0.15) is 0 Å². The summed E-state index contributed by atoms with van der Waals surface area (Å²) in [5.74, 6) is 1.95. The van der Waals surface area contributed by atoms with Crippen LogP contribution in [0.25, 0.3) is 0 Å². The molecule has 0 aliphatic heterocycles. The fraction of sp³-hybridized carbons (Fsp3) is 0.400. The molecule has 2 aromatic carbocycles. The third-order valence-electron chi connectivity index (χ3n) is 4.20. The van der Waals surface area contributed by atoms with E-state index < -0.39 is 10.0 Å². The van der Waals surface area contributed by atoms with Crippen LogP contribution in [0.4, 0.5) is 5.69 Å². The first-order valence-corrected chi connectivity index (χ1v) is 11.3. The Bertz CT molecular complexity index is 921. The van der Waals surface area contributed by atoms with Crippen molar-refractivity contribution in [2.45, 2.75) is 6.42 Å². The summed E-state index contributed by atoms with van der Waals surface area (Å²) < 4.78 is 41.2. The number of nitrogens with one attached hydrogen (secondary N) is 1. The van der Waals surface area contributed by atoms with Gasteiger partial charge in [-0.05, 0) is 49.4 Å². The van der Waals surface area contributed by atoms with Crippen LogP contribution in [-0.4, -0.2) is 60.5 Å².